The third-order valence-corrected chi connectivity index (χ3v) is 6.65. The molecule has 212 valence electrons. The highest BCUT2D eigenvalue weighted by Crippen LogP contribution is 2.20. The van der Waals surface area contributed by atoms with Crippen molar-refractivity contribution in [3.8, 4) is 0 Å². The quantitative estimate of drug-likeness (QED) is 0.413. The Morgan fingerprint density at radius 1 is 1.00 bits per heavy atom. The van der Waals surface area contributed by atoms with E-state index < -0.39 is 18.0 Å². The predicted octanol–water partition coefficient (Wildman–Crippen LogP) is 1.93. The number of nitrogens with zero attached hydrogens (tertiary/aromatic N) is 3. The second-order valence-corrected chi connectivity index (χ2v) is 9.25. The normalized spacial score (nSPS) is 17.1. The summed E-state index contributed by atoms with van der Waals surface area (Å²) in [5, 5.41) is 18.2. The maximum Gasteiger partial charge on any atom is 0.490 e. The average Bonchev–Trinajstić information content (AvgIpc) is 2.90. The second kappa shape index (κ2) is 11.8. The maximum atomic E-state index is 14.6. The molecule has 3 aromatic rings. The summed E-state index contributed by atoms with van der Waals surface area (Å²) < 4.78 is 46.3. The number of nitrogens with one attached hydrogen (secondary N) is 2. The van der Waals surface area contributed by atoms with E-state index in [-0.39, 0.29) is 29.0 Å². The Balaban J connectivity index is 0.000000470. The molecule has 0 saturated carbocycles. The van der Waals surface area contributed by atoms with E-state index in [0.29, 0.717) is 49.2 Å². The number of H-pyrrole nitrogens is 1. The largest absolute Gasteiger partial charge is 0.490 e. The van der Waals surface area contributed by atoms with Crippen LogP contribution in [0.3, 0.4) is 0 Å². The monoisotopic (exact) mass is 563 g/mol. The molecule has 2 aliphatic rings. The first-order valence-electron chi connectivity index (χ1n) is 12.3. The number of halogens is 4. The molecule has 2 saturated heterocycles. The number of piperazine rings is 1. The summed E-state index contributed by atoms with van der Waals surface area (Å²) >= 11 is 0. The first-order chi connectivity index (χ1) is 19.0. The van der Waals surface area contributed by atoms with E-state index in [4.69, 9.17) is 9.90 Å². The van der Waals surface area contributed by atoms with Gasteiger partial charge >= 0.3 is 12.1 Å². The van der Waals surface area contributed by atoms with Crippen LogP contribution in [-0.2, 0) is 16.0 Å². The highest BCUT2D eigenvalue weighted by atomic mass is 19.4. The first kappa shape index (κ1) is 28.7. The smallest absolute Gasteiger partial charge is 0.475 e. The zero-order chi connectivity index (χ0) is 29.0. The fourth-order valence-corrected chi connectivity index (χ4v) is 4.37. The molecule has 2 aliphatic heterocycles. The standard InChI is InChI=1S/C24H24FN5O3.C2HF3O2/c25-19-6-5-15(14-21-16-3-1-2-4-17(16)22(31)28-27-21)13-18(19)23(32)29-9-11-30(12-10-29)24(33)20-7-8-26-20;3-2(4,5)1(6)7/h1-6,13,20,26H,7-12,14H2,(H,28,31);(H,6,7)/t20-;/m1./s1. The molecule has 3 heterocycles. The van der Waals surface area contributed by atoms with E-state index in [1.54, 1.807) is 34.1 Å². The van der Waals surface area contributed by atoms with E-state index in [1.807, 2.05) is 12.1 Å². The van der Waals surface area contributed by atoms with Gasteiger partial charge in [-0.15, -0.1) is 0 Å². The Morgan fingerprint density at radius 2 is 1.60 bits per heavy atom. The van der Waals surface area contributed by atoms with E-state index in [1.165, 1.54) is 6.07 Å². The highest BCUT2D eigenvalue weighted by Gasteiger charge is 2.38. The number of carbonyl (C=O) groups excluding carboxylic acids is 2. The molecule has 0 unspecified atom stereocenters. The van der Waals surface area contributed by atoms with Crippen LogP contribution in [0.25, 0.3) is 10.8 Å². The van der Waals surface area contributed by atoms with Crippen molar-refractivity contribution in [1.82, 2.24) is 25.3 Å². The van der Waals surface area contributed by atoms with Crippen molar-refractivity contribution in [2.24, 2.45) is 0 Å². The number of rotatable bonds is 4. The van der Waals surface area contributed by atoms with E-state index in [9.17, 15) is 31.9 Å². The number of carboxylic acids is 1. The van der Waals surface area contributed by atoms with Gasteiger partial charge in [-0.05, 0) is 36.7 Å². The van der Waals surface area contributed by atoms with Crippen LogP contribution in [0.1, 0.15) is 28.0 Å². The fourth-order valence-electron chi connectivity index (χ4n) is 4.37. The molecular weight excluding hydrogens is 538 g/mol. The van der Waals surface area contributed by atoms with Gasteiger partial charge in [-0.3, -0.25) is 14.4 Å². The van der Waals surface area contributed by atoms with Gasteiger partial charge in [0.05, 0.1) is 22.7 Å². The molecule has 1 aromatic heterocycles. The number of fused-ring (bicyclic) bond motifs is 1. The summed E-state index contributed by atoms with van der Waals surface area (Å²) in [6.45, 7) is 2.48. The first-order valence-corrected chi connectivity index (χ1v) is 12.3. The molecule has 5 rings (SSSR count). The van der Waals surface area contributed by atoms with Crippen LogP contribution in [0.2, 0.25) is 0 Å². The molecule has 2 amide bonds. The summed E-state index contributed by atoms with van der Waals surface area (Å²) in [5.74, 6) is -3.66. The van der Waals surface area contributed by atoms with Crippen molar-refractivity contribution in [3.63, 3.8) is 0 Å². The molecule has 2 aromatic carbocycles. The molecule has 2 fully saturated rings. The Morgan fingerprint density at radius 3 is 2.17 bits per heavy atom. The summed E-state index contributed by atoms with van der Waals surface area (Å²) in [5.41, 5.74) is 1.10. The van der Waals surface area contributed by atoms with E-state index in [2.05, 4.69) is 15.5 Å². The van der Waals surface area contributed by atoms with Gasteiger partial charge in [0.2, 0.25) is 5.91 Å². The lowest BCUT2D eigenvalue weighted by Crippen LogP contribution is -2.59. The molecule has 1 atom stereocenters. The van der Waals surface area contributed by atoms with Crippen LogP contribution in [0.5, 0.6) is 0 Å². The van der Waals surface area contributed by atoms with Gasteiger partial charge in [0.25, 0.3) is 11.5 Å². The Kier molecular flexibility index (Phi) is 8.47. The summed E-state index contributed by atoms with van der Waals surface area (Å²) in [6.07, 6.45) is -3.90. The molecule has 0 spiro atoms. The van der Waals surface area contributed by atoms with Crippen LogP contribution >= 0.6 is 0 Å². The van der Waals surface area contributed by atoms with E-state index in [0.717, 1.165) is 18.4 Å². The third kappa shape index (κ3) is 6.45. The number of amides is 2. The van der Waals surface area contributed by atoms with Crippen molar-refractivity contribution in [2.45, 2.75) is 25.1 Å². The van der Waals surface area contributed by atoms with Crippen molar-refractivity contribution in [2.75, 3.05) is 32.7 Å². The number of hydrogen-bond acceptors (Lipinski definition) is 6. The van der Waals surface area contributed by atoms with Gasteiger partial charge in [0, 0.05) is 38.0 Å². The maximum absolute atomic E-state index is 14.6. The number of alkyl halides is 3. The number of hydrogen-bond donors (Lipinski definition) is 3. The van der Waals surface area contributed by atoms with Gasteiger partial charge in [0.15, 0.2) is 0 Å². The lowest BCUT2D eigenvalue weighted by molar-refractivity contribution is -0.192. The van der Waals surface area contributed by atoms with Gasteiger partial charge in [0.1, 0.15) is 5.82 Å². The van der Waals surface area contributed by atoms with Gasteiger partial charge in [-0.1, -0.05) is 24.3 Å². The highest BCUT2D eigenvalue weighted by molar-refractivity contribution is 5.95. The number of carbonyl (C=O) groups is 3. The number of aromatic amines is 1. The minimum absolute atomic E-state index is 0.00154. The van der Waals surface area contributed by atoms with Gasteiger partial charge in [-0.25, -0.2) is 14.3 Å². The molecule has 10 nitrogen and oxygen atoms in total. The van der Waals surface area contributed by atoms with Crippen molar-refractivity contribution >= 4 is 28.6 Å². The number of aromatic nitrogens is 2. The SMILES string of the molecule is O=C(O)C(F)(F)F.O=C(c1cc(Cc2n[nH]c(=O)c3ccccc23)ccc1F)N1CCN(C(=O)[C@H]2CCN2)CC1. The van der Waals surface area contributed by atoms with E-state index >= 15 is 0 Å². The van der Waals surface area contributed by atoms with Gasteiger partial charge < -0.3 is 20.2 Å². The molecule has 0 aliphatic carbocycles. The topological polar surface area (TPSA) is 136 Å². The second-order valence-electron chi connectivity index (χ2n) is 9.25. The van der Waals surface area contributed by atoms with Crippen LogP contribution in [-0.4, -0.2) is 87.8 Å². The lowest BCUT2D eigenvalue weighted by atomic mass is 10.0. The molecule has 0 radical (unpaired) electrons. The summed E-state index contributed by atoms with van der Waals surface area (Å²) in [4.78, 5) is 49.7. The Labute approximate surface area is 224 Å². The van der Waals surface area contributed by atoms with Crippen molar-refractivity contribution < 1.29 is 37.1 Å². The van der Waals surface area contributed by atoms with Crippen molar-refractivity contribution in [3.05, 3.63) is 75.5 Å². The van der Waals surface area contributed by atoms with Crippen LogP contribution in [0.4, 0.5) is 17.6 Å². The molecule has 3 N–H and O–H groups in total. The fraction of sp³-hybridized carbons (Fsp3) is 0.346. The zero-order valence-electron chi connectivity index (χ0n) is 21.0. The number of benzene rings is 2. The Hall–Kier alpha value is -4.33. The van der Waals surface area contributed by atoms with Crippen LogP contribution in [0.15, 0.2) is 47.3 Å². The van der Waals surface area contributed by atoms with Crippen molar-refractivity contribution in [1.29, 1.82) is 0 Å². The molecule has 40 heavy (non-hydrogen) atoms. The van der Waals surface area contributed by atoms with Crippen LogP contribution in [0, 0.1) is 5.82 Å². The number of aliphatic carboxylic acids is 1. The molecule has 0 bridgehead atoms. The minimum Gasteiger partial charge on any atom is -0.475 e. The molecule has 14 heteroatoms. The van der Waals surface area contributed by atoms with Gasteiger partial charge in [-0.2, -0.15) is 18.3 Å². The summed E-state index contributed by atoms with van der Waals surface area (Å²) in [7, 11) is 0. The average molecular weight is 564 g/mol. The molecular formula is C26H25F4N5O5. The zero-order valence-corrected chi connectivity index (χ0v) is 21.0. The Bertz CT molecular complexity index is 1480. The summed E-state index contributed by atoms with van der Waals surface area (Å²) in [6, 6.07) is 11.5. The minimum atomic E-state index is -5.08. The third-order valence-electron chi connectivity index (χ3n) is 6.65. The predicted molar refractivity (Wildman–Crippen MR) is 134 cm³/mol. The van der Waals surface area contributed by atoms with Crippen LogP contribution < -0.4 is 10.9 Å². The lowest BCUT2D eigenvalue weighted by Gasteiger charge is -2.38. The number of carboxylic acid groups (broad SMARTS) is 1.